The van der Waals surface area contributed by atoms with Crippen LogP contribution in [0.1, 0.15) is 23.1 Å². The lowest BCUT2D eigenvalue weighted by atomic mass is 10.0. The van der Waals surface area contributed by atoms with E-state index < -0.39 is 18.8 Å². The van der Waals surface area contributed by atoms with Gasteiger partial charge in [0.1, 0.15) is 4.60 Å². The third-order valence-corrected chi connectivity index (χ3v) is 3.19. The Morgan fingerprint density at radius 2 is 2.19 bits per heavy atom. The Kier molecular flexibility index (Phi) is 4.79. The van der Waals surface area contributed by atoms with Crippen LogP contribution in [0.3, 0.4) is 0 Å². The smallest absolute Gasteiger partial charge is 0.307 e. The molecule has 1 aromatic rings. The van der Waals surface area contributed by atoms with E-state index in [-0.39, 0.29) is 21.1 Å². The van der Waals surface area contributed by atoms with E-state index in [1.165, 1.54) is 6.20 Å². The van der Waals surface area contributed by atoms with Crippen molar-refractivity contribution in [1.82, 2.24) is 4.98 Å². The maximum atomic E-state index is 12.8. The molecule has 16 heavy (non-hydrogen) atoms. The Morgan fingerprint density at radius 1 is 1.56 bits per heavy atom. The Morgan fingerprint density at radius 3 is 2.62 bits per heavy atom. The summed E-state index contributed by atoms with van der Waals surface area (Å²) in [6.45, 7) is 0. The third kappa shape index (κ3) is 2.98. The van der Waals surface area contributed by atoms with Crippen molar-refractivity contribution in [2.24, 2.45) is 0 Å². The fourth-order valence-corrected chi connectivity index (χ4v) is 2.27. The molecule has 7 heteroatoms. The Labute approximate surface area is 107 Å². The van der Waals surface area contributed by atoms with E-state index in [2.05, 4.69) is 36.8 Å². The van der Waals surface area contributed by atoms with Crippen LogP contribution in [0.4, 0.5) is 8.78 Å². The van der Waals surface area contributed by atoms with Crippen molar-refractivity contribution >= 4 is 37.8 Å². The van der Waals surface area contributed by atoms with Crippen LogP contribution in [0.15, 0.2) is 10.8 Å². The molecular weight excluding hydrogens is 352 g/mol. The summed E-state index contributed by atoms with van der Waals surface area (Å²) < 4.78 is 25.5. The molecule has 0 radical (unpaired) electrons. The second kappa shape index (κ2) is 5.67. The molecule has 0 aromatic carbocycles. The molecule has 0 spiro atoms. The van der Waals surface area contributed by atoms with Gasteiger partial charge in [-0.15, -0.1) is 0 Å². The molecule has 3 nitrogen and oxygen atoms in total. The minimum Gasteiger partial charge on any atom is -0.481 e. The third-order valence-electron chi connectivity index (χ3n) is 1.96. The number of alkyl halides is 3. The number of nitrogens with zero attached hydrogens (tertiary/aromatic N) is 1. The van der Waals surface area contributed by atoms with Crippen molar-refractivity contribution in [2.45, 2.75) is 18.2 Å². The molecule has 0 atom stereocenters. The van der Waals surface area contributed by atoms with Crippen LogP contribution in [0.2, 0.25) is 0 Å². The van der Waals surface area contributed by atoms with Crippen molar-refractivity contribution in [3.63, 3.8) is 0 Å². The van der Waals surface area contributed by atoms with Crippen LogP contribution < -0.4 is 0 Å². The first-order valence-electron chi connectivity index (χ1n) is 4.19. The van der Waals surface area contributed by atoms with Crippen LogP contribution in [0, 0.1) is 0 Å². The van der Waals surface area contributed by atoms with Crippen molar-refractivity contribution < 1.29 is 18.7 Å². The highest BCUT2D eigenvalue weighted by Crippen LogP contribution is 2.32. The van der Waals surface area contributed by atoms with Gasteiger partial charge in [0.2, 0.25) is 0 Å². The number of rotatable bonds is 4. The van der Waals surface area contributed by atoms with Gasteiger partial charge in [-0.2, -0.15) is 0 Å². The van der Waals surface area contributed by atoms with Gasteiger partial charge in [-0.05, 0) is 27.1 Å². The number of hydrogen-bond acceptors (Lipinski definition) is 2. The minimum absolute atomic E-state index is 0.0107. The van der Waals surface area contributed by atoms with Gasteiger partial charge in [-0.1, -0.05) is 15.9 Å². The summed E-state index contributed by atoms with van der Waals surface area (Å²) in [6, 6.07) is 0. The monoisotopic (exact) mass is 357 g/mol. The molecule has 0 aliphatic carbocycles. The number of halogens is 4. The summed E-state index contributed by atoms with van der Waals surface area (Å²) in [4.78, 5) is 14.4. The predicted molar refractivity (Wildman–Crippen MR) is 60.9 cm³/mol. The largest absolute Gasteiger partial charge is 0.481 e. The Balaban J connectivity index is 3.36. The molecule has 0 fully saturated rings. The minimum atomic E-state index is -2.75. The van der Waals surface area contributed by atoms with E-state index >= 15 is 0 Å². The molecule has 0 unspecified atom stereocenters. The van der Waals surface area contributed by atoms with E-state index in [1.54, 1.807) is 0 Å². The van der Waals surface area contributed by atoms with Crippen molar-refractivity contribution in [3.05, 3.63) is 27.5 Å². The summed E-state index contributed by atoms with van der Waals surface area (Å²) in [5.74, 6) is -1.15. The zero-order valence-electron chi connectivity index (χ0n) is 7.88. The summed E-state index contributed by atoms with van der Waals surface area (Å²) in [5.41, 5.74) is 0.224. The standard InChI is InChI=1S/C9H7Br2F2NO2/c10-2-4-3-14-8(11)7(9(12)13)5(4)1-6(15)16/h3,9H,1-2H2,(H,15,16). The lowest BCUT2D eigenvalue weighted by molar-refractivity contribution is -0.136. The predicted octanol–water partition coefficient (Wildman–Crippen LogP) is 3.30. The second-order valence-electron chi connectivity index (χ2n) is 2.97. The van der Waals surface area contributed by atoms with Crippen LogP contribution in [-0.2, 0) is 16.5 Å². The quantitative estimate of drug-likeness (QED) is 0.663. The van der Waals surface area contributed by atoms with Gasteiger partial charge in [-0.25, -0.2) is 13.8 Å². The highest BCUT2D eigenvalue weighted by atomic mass is 79.9. The van der Waals surface area contributed by atoms with Gasteiger partial charge in [0, 0.05) is 11.5 Å². The zero-order valence-corrected chi connectivity index (χ0v) is 11.1. The SMILES string of the molecule is O=C(O)Cc1c(CBr)cnc(Br)c1C(F)F. The fraction of sp³-hybridized carbons (Fsp3) is 0.333. The lowest BCUT2D eigenvalue weighted by Crippen LogP contribution is -2.09. The molecule has 0 bridgehead atoms. The first kappa shape index (κ1) is 13.5. The molecule has 0 aliphatic rings. The average molecular weight is 359 g/mol. The Hall–Kier alpha value is -0.560. The van der Waals surface area contributed by atoms with Crippen LogP contribution >= 0.6 is 31.9 Å². The second-order valence-corrected chi connectivity index (χ2v) is 4.28. The number of pyridine rings is 1. The number of aliphatic carboxylic acids is 1. The zero-order chi connectivity index (χ0) is 12.3. The van der Waals surface area contributed by atoms with Gasteiger partial charge in [0.25, 0.3) is 6.43 Å². The molecule has 0 saturated carbocycles. The highest BCUT2D eigenvalue weighted by molar-refractivity contribution is 9.10. The molecule has 0 amide bonds. The summed E-state index contributed by atoms with van der Waals surface area (Å²) >= 11 is 6.01. The van der Waals surface area contributed by atoms with Crippen LogP contribution in [0.5, 0.6) is 0 Å². The van der Waals surface area contributed by atoms with Gasteiger partial charge < -0.3 is 5.11 Å². The number of aromatic nitrogens is 1. The lowest BCUT2D eigenvalue weighted by Gasteiger charge is -2.12. The maximum absolute atomic E-state index is 12.8. The topological polar surface area (TPSA) is 50.2 Å². The average Bonchev–Trinajstić information content (AvgIpc) is 2.16. The van der Waals surface area contributed by atoms with E-state index in [9.17, 15) is 13.6 Å². The first-order valence-corrected chi connectivity index (χ1v) is 6.10. The van der Waals surface area contributed by atoms with Gasteiger partial charge in [-0.3, -0.25) is 4.79 Å². The van der Waals surface area contributed by atoms with E-state index in [0.717, 1.165) is 0 Å². The number of carbonyl (C=O) groups is 1. The van der Waals surface area contributed by atoms with Crippen molar-refractivity contribution in [2.75, 3.05) is 0 Å². The van der Waals surface area contributed by atoms with Gasteiger partial charge in [0.15, 0.2) is 0 Å². The van der Waals surface area contributed by atoms with Crippen molar-refractivity contribution in [3.8, 4) is 0 Å². The van der Waals surface area contributed by atoms with E-state index in [0.29, 0.717) is 5.56 Å². The summed E-state index contributed by atoms with van der Waals surface area (Å²) in [7, 11) is 0. The van der Waals surface area contributed by atoms with Crippen LogP contribution in [0.25, 0.3) is 0 Å². The van der Waals surface area contributed by atoms with Crippen LogP contribution in [-0.4, -0.2) is 16.1 Å². The van der Waals surface area contributed by atoms with E-state index in [1.807, 2.05) is 0 Å². The van der Waals surface area contributed by atoms with E-state index in [4.69, 9.17) is 5.11 Å². The fourth-order valence-electron chi connectivity index (χ4n) is 1.28. The van der Waals surface area contributed by atoms with Gasteiger partial charge in [0.05, 0.1) is 12.0 Å². The number of carboxylic acids is 1. The Bertz CT molecular complexity index is 413. The number of hydrogen-bond donors (Lipinski definition) is 1. The molecular formula is C9H7Br2F2NO2. The molecule has 1 aromatic heterocycles. The summed E-state index contributed by atoms with van der Waals surface area (Å²) in [6.07, 6.45) is -1.82. The maximum Gasteiger partial charge on any atom is 0.307 e. The first-order chi connectivity index (χ1) is 7.47. The number of carboxylic acid groups (broad SMARTS) is 1. The molecule has 0 aliphatic heterocycles. The van der Waals surface area contributed by atoms with Gasteiger partial charge >= 0.3 is 5.97 Å². The summed E-state index contributed by atoms with van der Waals surface area (Å²) in [5, 5.41) is 8.98. The van der Waals surface area contributed by atoms with Crippen molar-refractivity contribution in [1.29, 1.82) is 0 Å². The highest BCUT2D eigenvalue weighted by Gasteiger charge is 2.22. The molecule has 88 valence electrons. The molecule has 1 heterocycles. The molecule has 0 saturated heterocycles. The molecule has 1 N–H and O–H groups in total. The normalized spacial score (nSPS) is 10.8. The molecule has 1 rings (SSSR count).